The van der Waals surface area contributed by atoms with Gasteiger partial charge in [0.25, 0.3) is 0 Å². The number of hydrogen-bond acceptors (Lipinski definition) is 0. The minimum Gasteiger partial charge on any atom is -0.207 e. The third-order valence-corrected chi connectivity index (χ3v) is 5.71. The second-order valence-corrected chi connectivity index (χ2v) is 6.93. The molecule has 3 rings (SSSR count). The fourth-order valence-corrected chi connectivity index (χ4v) is 4.01. The van der Waals surface area contributed by atoms with Crippen molar-refractivity contribution in [2.24, 2.45) is 5.92 Å². The van der Waals surface area contributed by atoms with Crippen LogP contribution in [0.3, 0.4) is 0 Å². The maximum atomic E-state index is 14.1. The number of rotatable bonds is 2. The number of benzene rings is 2. The molecule has 0 bridgehead atoms. The molecule has 0 N–H and O–H groups in total. The van der Waals surface area contributed by atoms with E-state index in [1.807, 2.05) is 12.1 Å². The molecule has 104 valence electrons. The van der Waals surface area contributed by atoms with Gasteiger partial charge in [-0.05, 0) is 57.9 Å². The zero-order valence-corrected chi connectivity index (χ0v) is 13.7. The lowest BCUT2D eigenvalue weighted by Gasteiger charge is -2.16. The lowest BCUT2D eigenvalue weighted by molar-refractivity contribution is 0.493. The van der Waals surface area contributed by atoms with Gasteiger partial charge in [-0.25, -0.2) is 8.78 Å². The quantitative estimate of drug-likeness (QED) is 0.455. The van der Waals surface area contributed by atoms with Crippen molar-refractivity contribution in [3.8, 4) is 0 Å². The Labute approximate surface area is 133 Å². The molecule has 0 saturated heterocycles. The van der Waals surface area contributed by atoms with E-state index in [0.29, 0.717) is 10.9 Å². The van der Waals surface area contributed by atoms with Gasteiger partial charge in [0.15, 0.2) is 0 Å². The van der Waals surface area contributed by atoms with Gasteiger partial charge in [0.2, 0.25) is 0 Å². The molecule has 1 aliphatic rings. The van der Waals surface area contributed by atoms with Gasteiger partial charge in [0, 0.05) is 10.4 Å². The Bertz CT molecular complexity index is 655. The summed E-state index contributed by atoms with van der Waals surface area (Å²) in [4.78, 5) is 0.150. The van der Waals surface area contributed by atoms with Crippen LogP contribution in [0.1, 0.15) is 21.5 Å². The normalized spacial score (nSPS) is 21.0. The molecule has 4 heteroatoms. The summed E-state index contributed by atoms with van der Waals surface area (Å²) in [7, 11) is 0. The molecular formula is C16H12Br2F2. The van der Waals surface area contributed by atoms with Crippen molar-refractivity contribution < 1.29 is 8.78 Å². The van der Waals surface area contributed by atoms with Gasteiger partial charge >= 0.3 is 0 Å². The molecule has 0 saturated carbocycles. The number of alkyl halides is 1. The summed E-state index contributed by atoms with van der Waals surface area (Å²) in [5.41, 5.74) is 2.66. The van der Waals surface area contributed by atoms with Crippen molar-refractivity contribution in [3.05, 3.63) is 69.2 Å². The molecule has 2 atom stereocenters. The lowest BCUT2D eigenvalue weighted by atomic mass is 9.96. The molecule has 2 unspecified atom stereocenters. The van der Waals surface area contributed by atoms with Crippen molar-refractivity contribution in [2.75, 3.05) is 0 Å². The standard InChI is InChI=1S/C16H12Br2F2/c17-13-5-6-14(19)12(16(13)20)8-10-7-9-3-1-2-4-11(9)15(10)18/h1-6,10,15H,7-8H2. The molecule has 2 aromatic carbocycles. The zero-order chi connectivity index (χ0) is 14.3. The number of halogens is 4. The molecule has 0 nitrogen and oxygen atoms in total. The van der Waals surface area contributed by atoms with E-state index < -0.39 is 11.6 Å². The average Bonchev–Trinajstić information content (AvgIpc) is 2.76. The monoisotopic (exact) mass is 400 g/mol. The Kier molecular flexibility index (Phi) is 3.95. The van der Waals surface area contributed by atoms with Crippen LogP contribution in [0.4, 0.5) is 8.78 Å². The number of fused-ring (bicyclic) bond motifs is 1. The molecule has 0 aliphatic heterocycles. The van der Waals surface area contributed by atoms with Crippen molar-refractivity contribution in [2.45, 2.75) is 17.7 Å². The van der Waals surface area contributed by atoms with Crippen LogP contribution in [0.5, 0.6) is 0 Å². The highest BCUT2D eigenvalue weighted by Gasteiger charge is 2.31. The summed E-state index contributed by atoms with van der Waals surface area (Å²) < 4.78 is 28.2. The highest BCUT2D eigenvalue weighted by Crippen LogP contribution is 2.44. The predicted octanol–water partition coefficient (Wildman–Crippen LogP) is 5.58. The second-order valence-electron chi connectivity index (χ2n) is 5.09. The first-order valence-electron chi connectivity index (χ1n) is 6.42. The molecule has 0 aromatic heterocycles. The van der Waals surface area contributed by atoms with Crippen molar-refractivity contribution in [3.63, 3.8) is 0 Å². The Morgan fingerprint density at radius 1 is 1.10 bits per heavy atom. The Balaban J connectivity index is 1.90. The summed E-state index contributed by atoms with van der Waals surface area (Å²) in [5.74, 6) is -0.785. The molecule has 1 aliphatic carbocycles. The predicted molar refractivity (Wildman–Crippen MR) is 83.1 cm³/mol. The lowest BCUT2D eigenvalue weighted by Crippen LogP contribution is -2.10. The first-order valence-corrected chi connectivity index (χ1v) is 8.13. The van der Waals surface area contributed by atoms with Crippen molar-refractivity contribution in [1.29, 1.82) is 0 Å². The number of hydrogen-bond donors (Lipinski definition) is 0. The summed E-state index contributed by atoms with van der Waals surface area (Å²) in [6.07, 6.45) is 1.24. The third-order valence-electron chi connectivity index (χ3n) is 3.85. The highest BCUT2D eigenvalue weighted by molar-refractivity contribution is 9.10. The molecule has 0 heterocycles. The first kappa shape index (κ1) is 14.2. The van der Waals surface area contributed by atoms with E-state index in [1.54, 1.807) is 0 Å². The Morgan fingerprint density at radius 3 is 2.60 bits per heavy atom. The van der Waals surface area contributed by atoms with E-state index >= 15 is 0 Å². The van der Waals surface area contributed by atoms with Crippen LogP contribution >= 0.6 is 31.9 Å². The van der Waals surface area contributed by atoms with Crippen molar-refractivity contribution in [1.82, 2.24) is 0 Å². The Hall–Kier alpha value is -0.740. The van der Waals surface area contributed by atoms with Gasteiger partial charge in [-0.2, -0.15) is 0 Å². The maximum absolute atomic E-state index is 14.1. The molecule has 0 amide bonds. The van der Waals surface area contributed by atoms with Crippen LogP contribution in [0.25, 0.3) is 0 Å². The van der Waals surface area contributed by atoms with Gasteiger partial charge in [-0.1, -0.05) is 40.2 Å². The van der Waals surface area contributed by atoms with E-state index in [4.69, 9.17) is 0 Å². The van der Waals surface area contributed by atoms with Gasteiger partial charge in [-0.15, -0.1) is 0 Å². The van der Waals surface area contributed by atoms with E-state index in [0.717, 1.165) is 6.42 Å². The van der Waals surface area contributed by atoms with Gasteiger partial charge in [0.05, 0.1) is 4.47 Å². The fourth-order valence-electron chi connectivity index (χ4n) is 2.82. The van der Waals surface area contributed by atoms with Crippen LogP contribution in [-0.2, 0) is 12.8 Å². The molecule has 2 aromatic rings. The fraction of sp³-hybridized carbons (Fsp3) is 0.250. The maximum Gasteiger partial charge on any atom is 0.143 e. The minimum absolute atomic E-state index is 0.150. The topological polar surface area (TPSA) is 0 Å². The third kappa shape index (κ3) is 2.44. The SMILES string of the molecule is Fc1ccc(Br)c(F)c1CC1Cc2ccccc2C1Br. The molecular weight excluding hydrogens is 390 g/mol. The molecule has 0 radical (unpaired) electrons. The second kappa shape index (κ2) is 5.57. The smallest absolute Gasteiger partial charge is 0.143 e. The van der Waals surface area contributed by atoms with Gasteiger partial charge in [0.1, 0.15) is 11.6 Å². The summed E-state index contributed by atoms with van der Waals surface area (Å²) in [6.45, 7) is 0. The van der Waals surface area contributed by atoms with Crippen LogP contribution in [0.15, 0.2) is 40.9 Å². The zero-order valence-electron chi connectivity index (χ0n) is 10.5. The molecule has 0 spiro atoms. The van der Waals surface area contributed by atoms with Crippen LogP contribution in [0.2, 0.25) is 0 Å². The summed E-state index contributed by atoms with van der Waals surface area (Å²) in [5, 5.41) is 0. The van der Waals surface area contributed by atoms with E-state index in [1.165, 1.54) is 23.3 Å². The van der Waals surface area contributed by atoms with Gasteiger partial charge < -0.3 is 0 Å². The van der Waals surface area contributed by atoms with Crippen LogP contribution in [0, 0.1) is 17.6 Å². The van der Waals surface area contributed by atoms with Crippen LogP contribution < -0.4 is 0 Å². The van der Waals surface area contributed by atoms with Crippen LogP contribution in [-0.4, -0.2) is 0 Å². The average molecular weight is 402 g/mol. The largest absolute Gasteiger partial charge is 0.207 e. The van der Waals surface area contributed by atoms with E-state index in [2.05, 4.69) is 44.0 Å². The first-order chi connectivity index (χ1) is 9.58. The highest BCUT2D eigenvalue weighted by atomic mass is 79.9. The van der Waals surface area contributed by atoms with Gasteiger partial charge in [-0.3, -0.25) is 0 Å². The van der Waals surface area contributed by atoms with E-state index in [9.17, 15) is 8.78 Å². The summed E-state index contributed by atoms with van der Waals surface area (Å²) in [6, 6.07) is 10.9. The van der Waals surface area contributed by atoms with E-state index in [-0.39, 0.29) is 16.3 Å². The summed E-state index contributed by atoms with van der Waals surface area (Å²) >= 11 is 6.79. The Morgan fingerprint density at radius 2 is 1.85 bits per heavy atom. The molecule has 0 fully saturated rings. The molecule has 20 heavy (non-hydrogen) atoms. The van der Waals surface area contributed by atoms with Crippen molar-refractivity contribution >= 4 is 31.9 Å². The minimum atomic E-state index is -0.486.